The lowest BCUT2D eigenvalue weighted by Gasteiger charge is -2.26. The van der Waals surface area contributed by atoms with Crippen LogP contribution in [0.1, 0.15) is 36.9 Å². The summed E-state index contributed by atoms with van der Waals surface area (Å²) in [6, 6.07) is 5.17. The predicted molar refractivity (Wildman–Crippen MR) is 72.6 cm³/mol. The summed E-state index contributed by atoms with van der Waals surface area (Å²) in [6.07, 6.45) is 2.45. The van der Waals surface area contributed by atoms with Crippen molar-refractivity contribution in [3.8, 4) is 0 Å². The van der Waals surface area contributed by atoms with Crippen LogP contribution in [0.25, 0.3) is 0 Å². The van der Waals surface area contributed by atoms with Gasteiger partial charge in [-0.25, -0.2) is 4.39 Å². The first-order chi connectivity index (χ1) is 9.02. The number of ether oxygens (including phenoxy) is 1. The number of aliphatic hydroxyl groups is 1. The number of rotatable bonds is 6. The number of nitrogens with one attached hydrogen (secondary N) is 1. The molecule has 1 aliphatic carbocycles. The van der Waals surface area contributed by atoms with Crippen molar-refractivity contribution >= 4 is 0 Å². The largest absolute Gasteiger partial charge is 0.389 e. The lowest BCUT2D eigenvalue weighted by atomic mass is 10.0. The fourth-order valence-corrected chi connectivity index (χ4v) is 2.55. The minimum Gasteiger partial charge on any atom is -0.389 e. The van der Waals surface area contributed by atoms with Gasteiger partial charge in [-0.1, -0.05) is 6.07 Å². The molecule has 0 bridgehead atoms. The molecule has 3 nitrogen and oxygen atoms in total. The van der Waals surface area contributed by atoms with Crippen LogP contribution in [0.3, 0.4) is 0 Å². The quantitative estimate of drug-likeness (QED) is 0.830. The van der Waals surface area contributed by atoms with E-state index >= 15 is 0 Å². The first-order valence-electron chi connectivity index (χ1n) is 6.75. The van der Waals surface area contributed by atoms with Crippen molar-refractivity contribution in [2.75, 3.05) is 20.3 Å². The molecule has 0 heterocycles. The third-order valence-electron chi connectivity index (χ3n) is 3.76. The van der Waals surface area contributed by atoms with Crippen molar-refractivity contribution in [2.24, 2.45) is 0 Å². The molecule has 1 aromatic carbocycles. The van der Waals surface area contributed by atoms with Crippen LogP contribution in [0.5, 0.6) is 0 Å². The van der Waals surface area contributed by atoms with Crippen molar-refractivity contribution in [2.45, 2.75) is 37.8 Å². The molecule has 19 heavy (non-hydrogen) atoms. The highest BCUT2D eigenvalue weighted by atomic mass is 19.1. The van der Waals surface area contributed by atoms with Crippen LogP contribution >= 0.6 is 0 Å². The Hall–Kier alpha value is -0.970. The summed E-state index contributed by atoms with van der Waals surface area (Å²) in [5.41, 5.74) is 1.46. The molecule has 0 aromatic heterocycles. The van der Waals surface area contributed by atoms with Crippen LogP contribution in [0.15, 0.2) is 18.2 Å². The smallest absolute Gasteiger partial charge is 0.123 e. The van der Waals surface area contributed by atoms with Crippen LogP contribution in [0, 0.1) is 5.82 Å². The Labute approximate surface area is 113 Å². The van der Waals surface area contributed by atoms with Crippen LogP contribution in [-0.2, 0) is 11.2 Å². The van der Waals surface area contributed by atoms with E-state index < -0.39 is 5.60 Å². The van der Waals surface area contributed by atoms with Gasteiger partial charge in [-0.15, -0.1) is 0 Å². The number of halogens is 1. The highest BCUT2D eigenvalue weighted by molar-refractivity contribution is 5.34. The minimum absolute atomic E-state index is 0.175. The first kappa shape index (κ1) is 14.4. The van der Waals surface area contributed by atoms with Gasteiger partial charge in [0.2, 0.25) is 0 Å². The maximum atomic E-state index is 13.1. The third-order valence-corrected chi connectivity index (χ3v) is 3.76. The second kappa shape index (κ2) is 5.99. The predicted octanol–water partition coefficient (Wildman–Crippen LogP) is 2.19. The van der Waals surface area contributed by atoms with Gasteiger partial charge in [-0.05, 0) is 43.0 Å². The van der Waals surface area contributed by atoms with Gasteiger partial charge in [0.1, 0.15) is 5.82 Å². The Balaban J connectivity index is 1.92. The number of hydrogen-bond acceptors (Lipinski definition) is 3. The van der Waals surface area contributed by atoms with Gasteiger partial charge in [-0.2, -0.15) is 0 Å². The summed E-state index contributed by atoms with van der Waals surface area (Å²) in [5.74, 6) is -0.175. The molecule has 2 N–H and O–H groups in total. The molecule has 0 spiro atoms. The van der Waals surface area contributed by atoms with E-state index in [1.54, 1.807) is 20.1 Å². The van der Waals surface area contributed by atoms with Gasteiger partial charge in [0.25, 0.3) is 0 Å². The van der Waals surface area contributed by atoms with Gasteiger partial charge in [-0.3, -0.25) is 0 Å². The Bertz CT molecular complexity index is 434. The van der Waals surface area contributed by atoms with Gasteiger partial charge in [0, 0.05) is 32.7 Å². The molecule has 0 fully saturated rings. The molecule has 2 rings (SSSR count). The zero-order valence-corrected chi connectivity index (χ0v) is 11.6. The van der Waals surface area contributed by atoms with Crippen molar-refractivity contribution < 1.29 is 14.2 Å². The van der Waals surface area contributed by atoms with Gasteiger partial charge in [0.15, 0.2) is 0 Å². The summed E-state index contributed by atoms with van der Waals surface area (Å²) < 4.78 is 18.1. The van der Waals surface area contributed by atoms with E-state index in [1.807, 2.05) is 6.07 Å². The highest BCUT2D eigenvalue weighted by Crippen LogP contribution is 2.31. The Kier molecular flexibility index (Phi) is 4.55. The Morgan fingerprint density at radius 2 is 2.32 bits per heavy atom. The standard InChI is InChI=1S/C15H22FNO2/c1-15(18,7-8-19-2)10-17-14-6-3-11-9-12(16)4-5-13(11)14/h4-5,9,14,17-18H,3,6-8,10H2,1-2H3. The fourth-order valence-electron chi connectivity index (χ4n) is 2.55. The molecular weight excluding hydrogens is 245 g/mol. The molecule has 106 valence electrons. The van der Waals surface area contributed by atoms with Gasteiger partial charge >= 0.3 is 0 Å². The summed E-state index contributed by atoms with van der Waals surface area (Å²) in [4.78, 5) is 0. The van der Waals surface area contributed by atoms with Crippen LogP contribution in [0.4, 0.5) is 4.39 Å². The second-order valence-electron chi connectivity index (χ2n) is 5.56. The fraction of sp³-hybridized carbons (Fsp3) is 0.600. The van der Waals surface area contributed by atoms with Crippen molar-refractivity contribution in [1.82, 2.24) is 5.32 Å². The average Bonchev–Trinajstić information content (AvgIpc) is 2.76. The zero-order chi connectivity index (χ0) is 13.9. The molecular formula is C15H22FNO2. The maximum Gasteiger partial charge on any atom is 0.123 e. The zero-order valence-electron chi connectivity index (χ0n) is 11.6. The van der Waals surface area contributed by atoms with Crippen molar-refractivity contribution in [3.63, 3.8) is 0 Å². The SMILES string of the molecule is COCCC(C)(O)CNC1CCc2cc(F)ccc21. The monoisotopic (exact) mass is 267 g/mol. The molecule has 2 atom stereocenters. The van der Waals surface area contributed by atoms with E-state index in [1.165, 1.54) is 6.07 Å². The minimum atomic E-state index is -0.779. The third kappa shape index (κ3) is 3.75. The average molecular weight is 267 g/mol. The summed E-state index contributed by atoms with van der Waals surface area (Å²) in [7, 11) is 1.63. The van der Waals surface area contributed by atoms with Gasteiger partial charge in [0.05, 0.1) is 5.60 Å². The number of hydrogen-bond donors (Lipinski definition) is 2. The van der Waals surface area contributed by atoms with E-state index in [2.05, 4.69) is 5.32 Å². The summed E-state index contributed by atoms with van der Waals surface area (Å²) in [6.45, 7) is 2.86. The summed E-state index contributed by atoms with van der Waals surface area (Å²) in [5, 5.41) is 13.6. The molecule has 4 heteroatoms. The van der Waals surface area contributed by atoms with E-state index in [0.717, 1.165) is 24.0 Å². The molecule has 0 aliphatic heterocycles. The van der Waals surface area contributed by atoms with E-state index in [4.69, 9.17) is 4.74 Å². The molecule has 1 aliphatic rings. The van der Waals surface area contributed by atoms with Crippen LogP contribution < -0.4 is 5.32 Å². The van der Waals surface area contributed by atoms with Crippen LogP contribution in [-0.4, -0.2) is 31.0 Å². The molecule has 0 amide bonds. The molecule has 1 aromatic rings. The Morgan fingerprint density at radius 3 is 3.05 bits per heavy atom. The van der Waals surface area contributed by atoms with E-state index in [9.17, 15) is 9.50 Å². The summed E-state index contributed by atoms with van der Waals surface area (Å²) >= 11 is 0. The van der Waals surface area contributed by atoms with Gasteiger partial charge < -0.3 is 15.2 Å². The molecule has 2 unspecified atom stereocenters. The topological polar surface area (TPSA) is 41.5 Å². The number of methoxy groups -OCH3 is 1. The van der Waals surface area contributed by atoms with E-state index in [0.29, 0.717) is 19.6 Å². The number of aryl methyl sites for hydroxylation is 1. The van der Waals surface area contributed by atoms with Crippen molar-refractivity contribution in [3.05, 3.63) is 35.1 Å². The lowest BCUT2D eigenvalue weighted by Crippen LogP contribution is -2.39. The molecule has 0 saturated heterocycles. The van der Waals surface area contributed by atoms with Crippen LogP contribution in [0.2, 0.25) is 0 Å². The van der Waals surface area contributed by atoms with Crippen molar-refractivity contribution in [1.29, 1.82) is 0 Å². The van der Waals surface area contributed by atoms with E-state index in [-0.39, 0.29) is 11.9 Å². The number of benzene rings is 1. The molecule has 0 saturated carbocycles. The number of fused-ring (bicyclic) bond motifs is 1. The Morgan fingerprint density at radius 1 is 1.53 bits per heavy atom. The molecule has 0 radical (unpaired) electrons. The lowest BCUT2D eigenvalue weighted by molar-refractivity contribution is 0.0227. The first-order valence-corrected chi connectivity index (χ1v) is 6.75. The highest BCUT2D eigenvalue weighted by Gasteiger charge is 2.26. The normalized spacial score (nSPS) is 21.2. The second-order valence-corrected chi connectivity index (χ2v) is 5.56. The maximum absolute atomic E-state index is 13.1.